The molecule has 0 saturated carbocycles. The van der Waals surface area contributed by atoms with E-state index in [4.69, 9.17) is 5.41 Å². The van der Waals surface area contributed by atoms with Crippen molar-refractivity contribution in [1.29, 1.82) is 5.41 Å². The maximum absolute atomic E-state index is 8.00. The average Bonchev–Trinajstić information content (AvgIpc) is 2.15. The lowest BCUT2D eigenvalue weighted by Gasteiger charge is -2.20. The summed E-state index contributed by atoms with van der Waals surface area (Å²) in [6, 6.07) is 8.19. The van der Waals surface area contributed by atoms with E-state index in [1.54, 1.807) is 11.8 Å². The van der Waals surface area contributed by atoms with Gasteiger partial charge in [-0.05, 0) is 24.0 Å². The van der Waals surface area contributed by atoms with E-state index in [1.807, 2.05) is 12.1 Å². The lowest BCUT2D eigenvalue weighted by molar-refractivity contribution is 0.588. The molecule has 1 aromatic carbocycles. The van der Waals surface area contributed by atoms with Crippen molar-refractivity contribution in [2.75, 3.05) is 6.26 Å². The molecule has 1 N–H and O–H groups in total. The monoisotopic (exact) mass is 207 g/mol. The Morgan fingerprint density at radius 1 is 1.14 bits per heavy atom. The van der Waals surface area contributed by atoms with Gasteiger partial charge in [-0.3, -0.25) is 0 Å². The van der Waals surface area contributed by atoms with Crippen molar-refractivity contribution >= 4 is 17.5 Å². The lowest BCUT2D eigenvalue weighted by atomic mass is 9.86. The summed E-state index contributed by atoms with van der Waals surface area (Å²) in [5.41, 5.74) is 1.65. The lowest BCUT2D eigenvalue weighted by Crippen LogP contribution is -2.20. The highest BCUT2D eigenvalue weighted by Gasteiger charge is 2.18. The average molecular weight is 207 g/mol. The molecule has 0 radical (unpaired) electrons. The third kappa shape index (κ3) is 2.61. The highest BCUT2D eigenvalue weighted by atomic mass is 32.2. The van der Waals surface area contributed by atoms with E-state index in [9.17, 15) is 0 Å². The Kier molecular flexibility index (Phi) is 3.38. The van der Waals surface area contributed by atoms with Gasteiger partial charge in [-0.1, -0.05) is 32.9 Å². The van der Waals surface area contributed by atoms with Crippen LogP contribution in [-0.2, 0) is 0 Å². The van der Waals surface area contributed by atoms with Crippen LogP contribution in [0.5, 0.6) is 0 Å². The Morgan fingerprint density at radius 2 is 1.64 bits per heavy atom. The molecule has 0 fully saturated rings. The van der Waals surface area contributed by atoms with Gasteiger partial charge in [-0.2, -0.15) is 0 Å². The van der Waals surface area contributed by atoms with Crippen molar-refractivity contribution in [1.82, 2.24) is 0 Å². The maximum Gasteiger partial charge on any atom is 0.0439 e. The molecule has 1 nitrogen and oxygen atoms in total. The van der Waals surface area contributed by atoms with Crippen LogP contribution in [0.15, 0.2) is 29.2 Å². The van der Waals surface area contributed by atoms with Crippen molar-refractivity contribution in [2.45, 2.75) is 25.7 Å². The first-order chi connectivity index (χ1) is 6.45. The highest BCUT2D eigenvalue weighted by molar-refractivity contribution is 7.98. The van der Waals surface area contributed by atoms with Crippen LogP contribution in [0.4, 0.5) is 0 Å². The van der Waals surface area contributed by atoms with Gasteiger partial charge in [-0.15, -0.1) is 11.8 Å². The predicted molar refractivity (Wildman–Crippen MR) is 64.5 cm³/mol. The van der Waals surface area contributed by atoms with E-state index >= 15 is 0 Å². The van der Waals surface area contributed by atoms with E-state index in [0.717, 1.165) is 5.56 Å². The second-order valence-electron chi connectivity index (χ2n) is 4.35. The summed E-state index contributed by atoms with van der Waals surface area (Å²) in [5, 5.41) is 8.00. The van der Waals surface area contributed by atoms with Gasteiger partial charge in [0.05, 0.1) is 0 Å². The fraction of sp³-hybridized carbons (Fsp3) is 0.417. The zero-order valence-electron chi connectivity index (χ0n) is 9.22. The molecule has 0 spiro atoms. The summed E-state index contributed by atoms with van der Waals surface area (Å²) in [6.07, 6.45) is 2.06. The fourth-order valence-corrected chi connectivity index (χ4v) is 1.60. The number of hydrogen-bond acceptors (Lipinski definition) is 2. The van der Waals surface area contributed by atoms with Crippen LogP contribution in [0.3, 0.4) is 0 Å². The molecule has 0 amide bonds. The molecule has 0 saturated heterocycles. The summed E-state index contributed by atoms with van der Waals surface area (Å²) in [4.78, 5) is 1.25. The van der Waals surface area contributed by atoms with Gasteiger partial charge in [-0.25, -0.2) is 0 Å². The second-order valence-corrected chi connectivity index (χ2v) is 5.23. The molecule has 0 heterocycles. The van der Waals surface area contributed by atoms with Gasteiger partial charge in [0.25, 0.3) is 0 Å². The van der Waals surface area contributed by atoms with Crippen LogP contribution in [0, 0.1) is 10.8 Å². The minimum absolute atomic E-state index is 0.0686. The summed E-state index contributed by atoms with van der Waals surface area (Å²) >= 11 is 1.73. The molecule has 0 unspecified atom stereocenters. The highest BCUT2D eigenvalue weighted by Crippen LogP contribution is 2.22. The number of rotatable bonds is 2. The molecule has 0 aromatic heterocycles. The van der Waals surface area contributed by atoms with E-state index < -0.39 is 0 Å². The summed E-state index contributed by atoms with van der Waals surface area (Å²) in [6.45, 7) is 6.20. The Hall–Kier alpha value is -0.760. The number of nitrogens with one attached hydrogen (secondary N) is 1. The molecule has 0 atom stereocenters. The molecule has 1 aromatic rings. The van der Waals surface area contributed by atoms with Gasteiger partial charge in [0.2, 0.25) is 0 Å². The fourth-order valence-electron chi connectivity index (χ4n) is 1.19. The van der Waals surface area contributed by atoms with Crippen LogP contribution >= 0.6 is 11.8 Å². The van der Waals surface area contributed by atoms with Crippen LogP contribution in [0.25, 0.3) is 0 Å². The third-order valence-electron chi connectivity index (χ3n) is 2.13. The Morgan fingerprint density at radius 3 is 2.00 bits per heavy atom. The topological polar surface area (TPSA) is 23.9 Å². The molecule has 76 valence electrons. The minimum atomic E-state index is -0.0686. The van der Waals surface area contributed by atoms with Gasteiger partial charge in [0.15, 0.2) is 0 Å². The van der Waals surface area contributed by atoms with E-state index in [1.165, 1.54) is 4.90 Å². The van der Waals surface area contributed by atoms with Crippen LogP contribution in [0.1, 0.15) is 26.3 Å². The van der Waals surface area contributed by atoms with Crippen LogP contribution in [-0.4, -0.2) is 12.0 Å². The molecule has 14 heavy (non-hydrogen) atoms. The second kappa shape index (κ2) is 4.18. The maximum atomic E-state index is 8.00. The first kappa shape index (κ1) is 11.3. The Labute approximate surface area is 90.4 Å². The zero-order valence-corrected chi connectivity index (χ0v) is 10.0. The van der Waals surface area contributed by atoms with Crippen molar-refractivity contribution < 1.29 is 0 Å². The summed E-state index contributed by atoms with van der Waals surface area (Å²) in [7, 11) is 0. The van der Waals surface area contributed by atoms with Gasteiger partial charge >= 0.3 is 0 Å². The third-order valence-corrected chi connectivity index (χ3v) is 2.87. The van der Waals surface area contributed by atoms with Crippen molar-refractivity contribution in [3.8, 4) is 0 Å². The molecule has 0 aliphatic rings. The first-order valence-corrected chi connectivity index (χ1v) is 5.91. The van der Waals surface area contributed by atoms with Gasteiger partial charge in [0.1, 0.15) is 0 Å². The largest absolute Gasteiger partial charge is 0.304 e. The Bertz CT molecular complexity index is 319. The molecular weight excluding hydrogens is 190 g/mol. The summed E-state index contributed by atoms with van der Waals surface area (Å²) < 4.78 is 0. The molecule has 1 rings (SSSR count). The minimum Gasteiger partial charge on any atom is -0.304 e. The van der Waals surface area contributed by atoms with Crippen molar-refractivity contribution in [3.63, 3.8) is 0 Å². The summed E-state index contributed by atoms with van der Waals surface area (Å²) in [5.74, 6) is 0. The van der Waals surface area contributed by atoms with Gasteiger partial charge < -0.3 is 5.41 Å². The van der Waals surface area contributed by atoms with Crippen LogP contribution < -0.4 is 0 Å². The van der Waals surface area contributed by atoms with E-state index in [-0.39, 0.29) is 5.41 Å². The molecule has 0 aliphatic carbocycles. The van der Waals surface area contributed by atoms with Crippen molar-refractivity contribution in [2.24, 2.45) is 5.41 Å². The van der Waals surface area contributed by atoms with Crippen molar-refractivity contribution in [3.05, 3.63) is 29.8 Å². The normalized spacial score (nSPS) is 11.4. The molecule has 0 aliphatic heterocycles. The SMILES string of the molecule is CSc1ccc(C(=N)C(C)(C)C)cc1. The Balaban J connectivity index is 2.93. The zero-order chi connectivity index (χ0) is 10.8. The number of benzene rings is 1. The smallest absolute Gasteiger partial charge is 0.0439 e. The first-order valence-electron chi connectivity index (χ1n) is 4.68. The number of thioether (sulfide) groups is 1. The molecular formula is C12H17NS. The quantitative estimate of drug-likeness (QED) is 0.578. The molecule has 2 heteroatoms. The number of hydrogen-bond donors (Lipinski definition) is 1. The standard InChI is InChI=1S/C12H17NS/c1-12(2,3)11(13)9-5-7-10(14-4)8-6-9/h5-8,13H,1-4H3. The van der Waals surface area contributed by atoms with Crippen LogP contribution in [0.2, 0.25) is 0 Å². The van der Waals surface area contributed by atoms with E-state index in [0.29, 0.717) is 5.71 Å². The predicted octanol–water partition coefficient (Wildman–Crippen LogP) is 3.82. The van der Waals surface area contributed by atoms with Gasteiger partial charge in [0, 0.05) is 16.0 Å². The van der Waals surface area contributed by atoms with E-state index in [2.05, 4.69) is 39.2 Å². The molecule has 0 bridgehead atoms.